The average Bonchev–Trinajstić information content (AvgIpc) is 2.29. The van der Waals surface area contributed by atoms with Crippen molar-refractivity contribution in [1.29, 1.82) is 0 Å². The summed E-state index contributed by atoms with van der Waals surface area (Å²) in [6.07, 6.45) is 0. The molecule has 0 atom stereocenters. The monoisotopic (exact) mass is 344 g/mol. The normalized spacial score (nSPS) is 10.3. The van der Waals surface area contributed by atoms with Gasteiger partial charge in [-0.15, -0.1) is 0 Å². The number of hydrogen-bond donors (Lipinski definition) is 1. The Morgan fingerprint density at radius 1 is 1.18 bits per heavy atom. The molecule has 1 N–H and O–H groups in total. The summed E-state index contributed by atoms with van der Waals surface area (Å²) >= 11 is 2.17. The number of benzene rings is 2. The summed E-state index contributed by atoms with van der Waals surface area (Å²) in [4.78, 5) is 0. The van der Waals surface area contributed by atoms with Crippen molar-refractivity contribution in [2.45, 2.75) is 6.61 Å². The first-order chi connectivity index (χ1) is 8.20. The van der Waals surface area contributed by atoms with E-state index in [1.165, 1.54) is 6.07 Å². The van der Waals surface area contributed by atoms with Gasteiger partial charge in [-0.2, -0.15) is 0 Å². The molecule has 0 aliphatic heterocycles. The first-order valence-electron chi connectivity index (χ1n) is 5.02. The molecule has 0 aliphatic carbocycles. The van der Waals surface area contributed by atoms with Gasteiger partial charge in [-0.05, 0) is 52.9 Å². The maximum Gasteiger partial charge on any atom is 0.135 e. The summed E-state index contributed by atoms with van der Waals surface area (Å²) in [7, 11) is 0. The van der Waals surface area contributed by atoms with E-state index < -0.39 is 5.82 Å². The van der Waals surface area contributed by atoms with Crippen LogP contribution < -0.4 is 4.74 Å². The molecule has 0 bridgehead atoms. The Balaban J connectivity index is 2.33. The van der Waals surface area contributed by atoms with E-state index in [1.807, 2.05) is 18.2 Å². The molecule has 4 heteroatoms. The fraction of sp³-hybridized carbons (Fsp3) is 0.0769. The molecule has 0 unspecified atom stereocenters. The van der Waals surface area contributed by atoms with Crippen molar-refractivity contribution in [2.24, 2.45) is 0 Å². The third kappa shape index (κ3) is 2.95. The minimum Gasteiger partial charge on any atom is -0.457 e. The lowest BCUT2D eigenvalue weighted by molar-refractivity contribution is 0.270. The first kappa shape index (κ1) is 12.3. The molecule has 0 heterocycles. The van der Waals surface area contributed by atoms with Crippen LogP contribution in [0.5, 0.6) is 11.5 Å². The first-order valence-corrected chi connectivity index (χ1v) is 6.10. The van der Waals surface area contributed by atoms with Gasteiger partial charge in [0.2, 0.25) is 0 Å². The molecule has 0 amide bonds. The third-order valence-corrected chi connectivity index (χ3v) is 2.93. The van der Waals surface area contributed by atoms with Gasteiger partial charge in [-0.25, -0.2) is 4.39 Å². The summed E-state index contributed by atoms with van der Waals surface area (Å²) in [5.74, 6) is 0.502. The Bertz CT molecular complexity index is 529. The van der Waals surface area contributed by atoms with Crippen LogP contribution in [0.4, 0.5) is 4.39 Å². The van der Waals surface area contributed by atoms with Crippen LogP contribution in [0.2, 0.25) is 0 Å². The molecule has 88 valence electrons. The Hall–Kier alpha value is -1.14. The summed E-state index contributed by atoms with van der Waals surface area (Å²) in [5.41, 5.74) is 0.173. The fourth-order valence-corrected chi connectivity index (χ4v) is 1.96. The molecule has 0 fully saturated rings. The number of hydrogen-bond acceptors (Lipinski definition) is 2. The summed E-state index contributed by atoms with van der Waals surface area (Å²) in [6, 6.07) is 11.9. The third-order valence-electron chi connectivity index (χ3n) is 2.26. The highest BCUT2D eigenvalue weighted by atomic mass is 127. The Morgan fingerprint density at radius 3 is 2.65 bits per heavy atom. The molecule has 2 aromatic rings. The number of ether oxygens (including phenoxy) is 1. The molecule has 0 saturated heterocycles. The van der Waals surface area contributed by atoms with Crippen LogP contribution in [0.1, 0.15) is 5.56 Å². The standard InChI is InChI=1S/C13H10FIO2/c14-12-5-2-6-13(11(12)8-16)17-10-4-1-3-9(15)7-10/h1-7,16H,8H2. The topological polar surface area (TPSA) is 29.5 Å². The quantitative estimate of drug-likeness (QED) is 0.861. The van der Waals surface area contributed by atoms with E-state index in [0.29, 0.717) is 11.5 Å². The molecule has 2 aromatic carbocycles. The van der Waals surface area contributed by atoms with Gasteiger partial charge in [-0.3, -0.25) is 0 Å². The Morgan fingerprint density at radius 2 is 1.94 bits per heavy atom. The van der Waals surface area contributed by atoms with Crippen molar-refractivity contribution in [3.05, 3.63) is 57.4 Å². The maximum atomic E-state index is 13.4. The molecule has 0 aromatic heterocycles. The second kappa shape index (κ2) is 5.46. The summed E-state index contributed by atoms with van der Waals surface area (Å²) in [6.45, 7) is -0.383. The van der Waals surface area contributed by atoms with Gasteiger partial charge in [0.05, 0.1) is 12.2 Å². The van der Waals surface area contributed by atoms with Gasteiger partial charge in [-0.1, -0.05) is 12.1 Å². The summed E-state index contributed by atoms with van der Waals surface area (Å²) < 4.78 is 20.0. The summed E-state index contributed by atoms with van der Waals surface area (Å²) in [5, 5.41) is 9.11. The van der Waals surface area contributed by atoms with Crippen LogP contribution in [-0.2, 0) is 6.61 Å². The molecule has 2 nitrogen and oxygen atoms in total. The predicted octanol–water partition coefficient (Wildman–Crippen LogP) is 3.71. The molecule has 0 aliphatic rings. The SMILES string of the molecule is OCc1c(F)cccc1Oc1cccc(I)c1. The Labute approximate surface area is 112 Å². The zero-order valence-electron chi connectivity index (χ0n) is 8.86. The van der Waals surface area contributed by atoms with Gasteiger partial charge in [0.15, 0.2) is 0 Å². The van der Waals surface area contributed by atoms with E-state index in [0.717, 1.165) is 3.57 Å². The second-order valence-electron chi connectivity index (χ2n) is 3.43. The molecular weight excluding hydrogens is 334 g/mol. The van der Waals surface area contributed by atoms with Gasteiger partial charge in [0.1, 0.15) is 17.3 Å². The molecule has 0 radical (unpaired) electrons. The molecule has 0 spiro atoms. The highest BCUT2D eigenvalue weighted by molar-refractivity contribution is 14.1. The smallest absolute Gasteiger partial charge is 0.135 e. The van der Waals surface area contributed by atoms with E-state index in [-0.39, 0.29) is 12.2 Å². The number of aliphatic hydroxyl groups excluding tert-OH is 1. The van der Waals surface area contributed by atoms with Crippen LogP contribution in [-0.4, -0.2) is 5.11 Å². The van der Waals surface area contributed by atoms with Crippen molar-refractivity contribution >= 4 is 22.6 Å². The van der Waals surface area contributed by atoms with E-state index >= 15 is 0 Å². The van der Waals surface area contributed by atoms with Gasteiger partial charge >= 0.3 is 0 Å². The second-order valence-corrected chi connectivity index (χ2v) is 4.68. The van der Waals surface area contributed by atoms with Crippen molar-refractivity contribution < 1.29 is 14.2 Å². The number of aliphatic hydroxyl groups is 1. The van der Waals surface area contributed by atoms with Gasteiger partial charge in [0.25, 0.3) is 0 Å². The number of rotatable bonds is 3. The van der Waals surface area contributed by atoms with Crippen molar-refractivity contribution in [2.75, 3.05) is 0 Å². The Kier molecular flexibility index (Phi) is 3.96. The van der Waals surface area contributed by atoms with Crippen molar-refractivity contribution in [3.63, 3.8) is 0 Å². The van der Waals surface area contributed by atoms with Crippen LogP contribution in [0, 0.1) is 9.39 Å². The van der Waals surface area contributed by atoms with E-state index in [4.69, 9.17) is 9.84 Å². The lowest BCUT2D eigenvalue weighted by Crippen LogP contribution is -1.95. The van der Waals surface area contributed by atoms with E-state index in [9.17, 15) is 4.39 Å². The van der Waals surface area contributed by atoms with Gasteiger partial charge < -0.3 is 9.84 Å². The van der Waals surface area contributed by atoms with E-state index in [1.54, 1.807) is 18.2 Å². The highest BCUT2D eigenvalue weighted by Gasteiger charge is 2.09. The molecule has 0 saturated carbocycles. The highest BCUT2D eigenvalue weighted by Crippen LogP contribution is 2.27. The molecular formula is C13H10FIO2. The van der Waals surface area contributed by atoms with Crippen molar-refractivity contribution in [3.8, 4) is 11.5 Å². The van der Waals surface area contributed by atoms with Crippen LogP contribution in [0.3, 0.4) is 0 Å². The van der Waals surface area contributed by atoms with E-state index in [2.05, 4.69) is 22.6 Å². The predicted molar refractivity (Wildman–Crippen MR) is 71.6 cm³/mol. The van der Waals surface area contributed by atoms with Crippen molar-refractivity contribution in [1.82, 2.24) is 0 Å². The minimum absolute atomic E-state index is 0.173. The maximum absolute atomic E-state index is 13.4. The van der Waals surface area contributed by atoms with Crippen LogP contribution in [0.15, 0.2) is 42.5 Å². The number of halogens is 2. The molecule has 2 rings (SSSR count). The molecule has 17 heavy (non-hydrogen) atoms. The zero-order valence-corrected chi connectivity index (χ0v) is 11.0. The lowest BCUT2D eigenvalue weighted by Gasteiger charge is -2.10. The fourth-order valence-electron chi connectivity index (χ4n) is 1.45. The average molecular weight is 344 g/mol. The minimum atomic E-state index is -0.462. The van der Waals surface area contributed by atoms with Crippen LogP contribution in [0.25, 0.3) is 0 Å². The largest absolute Gasteiger partial charge is 0.457 e. The lowest BCUT2D eigenvalue weighted by atomic mass is 10.2. The van der Waals surface area contributed by atoms with Crippen LogP contribution >= 0.6 is 22.6 Å². The zero-order chi connectivity index (χ0) is 12.3. The van der Waals surface area contributed by atoms with Gasteiger partial charge in [0, 0.05) is 3.57 Å².